The summed E-state index contributed by atoms with van der Waals surface area (Å²) < 4.78 is 32.2. The van der Waals surface area contributed by atoms with Gasteiger partial charge in [0.15, 0.2) is 0 Å². The predicted octanol–water partition coefficient (Wildman–Crippen LogP) is 0.957. The van der Waals surface area contributed by atoms with Crippen molar-refractivity contribution in [1.82, 2.24) is 10.0 Å². The number of rotatable bonds is 6. The molecular weight excluding hydrogens is 304 g/mol. The Balaban J connectivity index is 1.90. The zero-order valence-corrected chi connectivity index (χ0v) is 13.7. The van der Waals surface area contributed by atoms with E-state index in [1.165, 1.54) is 19.1 Å². The molecule has 1 aliphatic heterocycles. The van der Waals surface area contributed by atoms with Crippen LogP contribution in [0.1, 0.15) is 25.3 Å². The lowest BCUT2D eigenvalue weighted by molar-refractivity contribution is -0.122. The van der Waals surface area contributed by atoms with Gasteiger partial charge in [-0.15, -0.1) is 0 Å². The lowest BCUT2D eigenvalue weighted by Crippen LogP contribution is -2.46. The zero-order chi connectivity index (χ0) is 16.2. The lowest BCUT2D eigenvalue weighted by Gasteiger charge is -2.16. The normalized spacial score (nSPS) is 19.8. The molecule has 0 bridgehead atoms. The Hall–Kier alpha value is -1.44. The molecule has 0 unspecified atom stereocenters. The number of hydrogen-bond donors (Lipinski definition) is 2. The average Bonchev–Trinajstić information content (AvgIpc) is 2.98. The molecule has 0 saturated carbocycles. The SMILES string of the molecule is Cc1ccc(S(=O)(=O)N[C@H](C)C(=O)NC[C@H]2CCCO2)cc1. The highest BCUT2D eigenvalue weighted by Crippen LogP contribution is 2.12. The fourth-order valence-electron chi connectivity index (χ4n) is 2.24. The summed E-state index contributed by atoms with van der Waals surface area (Å²) in [4.78, 5) is 12.1. The summed E-state index contributed by atoms with van der Waals surface area (Å²) >= 11 is 0. The number of aryl methyl sites for hydroxylation is 1. The number of ether oxygens (including phenoxy) is 1. The van der Waals surface area contributed by atoms with Gasteiger partial charge in [0.25, 0.3) is 0 Å². The summed E-state index contributed by atoms with van der Waals surface area (Å²) in [6.07, 6.45) is 1.95. The molecular formula is C15H22N2O4S. The third-order valence-corrected chi connectivity index (χ3v) is 5.14. The van der Waals surface area contributed by atoms with Crippen LogP contribution < -0.4 is 10.0 Å². The molecule has 1 aromatic rings. The van der Waals surface area contributed by atoms with Gasteiger partial charge in [-0.2, -0.15) is 4.72 Å². The van der Waals surface area contributed by atoms with Crippen molar-refractivity contribution in [3.63, 3.8) is 0 Å². The van der Waals surface area contributed by atoms with E-state index in [0.29, 0.717) is 6.54 Å². The maximum Gasteiger partial charge on any atom is 0.241 e. The highest BCUT2D eigenvalue weighted by molar-refractivity contribution is 7.89. The molecule has 0 aromatic heterocycles. The van der Waals surface area contributed by atoms with Crippen molar-refractivity contribution in [2.45, 2.75) is 43.7 Å². The molecule has 7 heteroatoms. The Labute approximate surface area is 131 Å². The molecule has 2 rings (SSSR count). The van der Waals surface area contributed by atoms with Gasteiger partial charge in [-0.3, -0.25) is 4.79 Å². The van der Waals surface area contributed by atoms with Crippen molar-refractivity contribution in [2.75, 3.05) is 13.2 Å². The van der Waals surface area contributed by atoms with Crippen molar-refractivity contribution in [1.29, 1.82) is 0 Å². The molecule has 6 nitrogen and oxygen atoms in total. The second-order valence-electron chi connectivity index (χ2n) is 5.54. The Kier molecular flexibility index (Phi) is 5.55. The predicted molar refractivity (Wildman–Crippen MR) is 82.9 cm³/mol. The van der Waals surface area contributed by atoms with Crippen molar-refractivity contribution < 1.29 is 17.9 Å². The first-order valence-electron chi connectivity index (χ1n) is 7.37. The Bertz CT molecular complexity index is 607. The van der Waals surface area contributed by atoms with Gasteiger partial charge in [0, 0.05) is 13.2 Å². The molecule has 122 valence electrons. The van der Waals surface area contributed by atoms with Crippen LogP contribution in [0.4, 0.5) is 0 Å². The Morgan fingerprint density at radius 2 is 2.05 bits per heavy atom. The van der Waals surface area contributed by atoms with E-state index in [4.69, 9.17) is 4.74 Å². The number of nitrogens with one attached hydrogen (secondary N) is 2. The standard InChI is InChI=1S/C15H22N2O4S/c1-11-5-7-14(8-6-11)22(19,20)17-12(2)15(18)16-10-13-4-3-9-21-13/h5-8,12-13,17H,3-4,9-10H2,1-2H3,(H,16,18)/t12-,13-/m1/s1. The van der Waals surface area contributed by atoms with Crippen molar-refractivity contribution in [3.8, 4) is 0 Å². The molecule has 1 fully saturated rings. The van der Waals surface area contributed by atoms with E-state index < -0.39 is 16.1 Å². The van der Waals surface area contributed by atoms with Crippen molar-refractivity contribution in [2.24, 2.45) is 0 Å². The van der Waals surface area contributed by atoms with Crippen LogP contribution in [0, 0.1) is 6.92 Å². The van der Waals surface area contributed by atoms with Crippen LogP contribution >= 0.6 is 0 Å². The summed E-state index contributed by atoms with van der Waals surface area (Å²) in [7, 11) is -3.70. The maximum absolute atomic E-state index is 12.2. The third-order valence-electron chi connectivity index (χ3n) is 3.58. The van der Waals surface area contributed by atoms with E-state index in [0.717, 1.165) is 25.0 Å². The molecule has 1 amide bonds. The molecule has 0 spiro atoms. The second kappa shape index (κ2) is 7.21. The van der Waals surface area contributed by atoms with Gasteiger partial charge >= 0.3 is 0 Å². The molecule has 1 heterocycles. The summed E-state index contributed by atoms with van der Waals surface area (Å²) in [5.41, 5.74) is 0.973. The summed E-state index contributed by atoms with van der Waals surface area (Å²) in [5.74, 6) is -0.355. The van der Waals surface area contributed by atoms with Gasteiger partial charge in [-0.1, -0.05) is 17.7 Å². The number of carbonyl (C=O) groups is 1. The van der Waals surface area contributed by atoms with E-state index >= 15 is 0 Å². The molecule has 2 N–H and O–H groups in total. The van der Waals surface area contributed by atoms with Crippen molar-refractivity contribution >= 4 is 15.9 Å². The Morgan fingerprint density at radius 1 is 1.36 bits per heavy atom. The lowest BCUT2D eigenvalue weighted by atomic mass is 10.2. The van der Waals surface area contributed by atoms with Gasteiger partial charge in [0.1, 0.15) is 0 Å². The quantitative estimate of drug-likeness (QED) is 0.815. The van der Waals surface area contributed by atoms with Crippen LogP contribution in [-0.4, -0.2) is 39.6 Å². The van der Waals surface area contributed by atoms with Crippen LogP contribution in [0.2, 0.25) is 0 Å². The summed E-state index contributed by atoms with van der Waals surface area (Å²) in [5, 5.41) is 2.72. The number of hydrogen-bond acceptors (Lipinski definition) is 4. The number of benzene rings is 1. The first kappa shape index (κ1) is 16.9. The van der Waals surface area contributed by atoms with Crippen LogP contribution in [0.3, 0.4) is 0 Å². The smallest absolute Gasteiger partial charge is 0.241 e. The minimum Gasteiger partial charge on any atom is -0.376 e. The topological polar surface area (TPSA) is 84.5 Å². The molecule has 0 aliphatic carbocycles. The van der Waals surface area contributed by atoms with Gasteiger partial charge in [-0.05, 0) is 38.8 Å². The van der Waals surface area contributed by atoms with Crippen LogP contribution in [0.5, 0.6) is 0 Å². The average molecular weight is 326 g/mol. The van der Waals surface area contributed by atoms with Crippen molar-refractivity contribution in [3.05, 3.63) is 29.8 Å². The first-order valence-corrected chi connectivity index (χ1v) is 8.85. The number of amides is 1. The minimum absolute atomic E-state index is 0.0323. The van der Waals surface area contributed by atoms with Crippen LogP contribution in [-0.2, 0) is 19.6 Å². The van der Waals surface area contributed by atoms with Crippen LogP contribution in [0.25, 0.3) is 0 Å². The minimum atomic E-state index is -3.70. The fourth-order valence-corrected chi connectivity index (χ4v) is 3.45. The summed E-state index contributed by atoms with van der Waals surface area (Å²) in [6, 6.07) is 5.64. The first-order chi connectivity index (χ1) is 10.4. The van der Waals surface area contributed by atoms with E-state index in [9.17, 15) is 13.2 Å². The largest absolute Gasteiger partial charge is 0.376 e. The van der Waals surface area contributed by atoms with E-state index in [-0.39, 0.29) is 16.9 Å². The van der Waals surface area contributed by atoms with Crippen LogP contribution in [0.15, 0.2) is 29.2 Å². The highest BCUT2D eigenvalue weighted by atomic mass is 32.2. The fraction of sp³-hybridized carbons (Fsp3) is 0.533. The van der Waals surface area contributed by atoms with Gasteiger partial charge < -0.3 is 10.1 Å². The zero-order valence-electron chi connectivity index (χ0n) is 12.8. The number of sulfonamides is 1. The molecule has 1 aliphatic rings. The second-order valence-corrected chi connectivity index (χ2v) is 7.25. The molecule has 1 aromatic carbocycles. The highest BCUT2D eigenvalue weighted by Gasteiger charge is 2.23. The van der Waals surface area contributed by atoms with Gasteiger partial charge in [-0.25, -0.2) is 8.42 Å². The number of carbonyl (C=O) groups excluding carboxylic acids is 1. The van der Waals surface area contributed by atoms with E-state index in [2.05, 4.69) is 10.0 Å². The van der Waals surface area contributed by atoms with Gasteiger partial charge in [0.05, 0.1) is 17.0 Å². The van der Waals surface area contributed by atoms with Gasteiger partial charge in [0.2, 0.25) is 15.9 Å². The molecule has 1 saturated heterocycles. The van der Waals surface area contributed by atoms with E-state index in [1.54, 1.807) is 12.1 Å². The molecule has 0 radical (unpaired) electrons. The molecule has 2 atom stereocenters. The third kappa shape index (κ3) is 4.53. The Morgan fingerprint density at radius 3 is 2.64 bits per heavy atom. The summed E-state index contributed by atoms with van der Waals surface area (Å²) in [6.45, 7) is 4.53. The molecule has 22 heavy (non-hydrogen) atoms. The maximum atomic E-state index is 12.2. The van der Waals surface area contributed by atoms with E-state index in [1.807, 2.05) is 6.92 Å². The monoisotopic (exact) mass is 326 g/mol.